The van der Waals surface area contributed by atoms with E-state index < -0.39 is 5.97 Å². The minimum Gasteiger partial charge on any atom is -0.477 e. The first-order valence-electron chi connectivity index (χ1n) is 5.55. The number of carbonyl (C=O) groups is 1. The summed E-state index contributed by atoms with van der Waals surface area (Å²) < 4.78 is 0.776. The molecule has 0 aliphatic heterocycles. The van der Waals surface area contributed by atoms with Crippen LogP contribution in [0.2, 0.25) is 5.02 Å². The van der Waals surface area contributed by atoms with Crippen LogP contribution in [0, 0.1) is 0 Å². The van der Waals surface area contributed by atoms with E-state index in [1.807, 2.05) is 19.1 Å². The molecule has 0 fully saturated rings. The highest BCUT2D eigenvalue weighted by atomic mass is 79.9. The van der Waals surface area contributed by atoms with E-state index in [0.29, 0.717) is 17.1 Å². The minimum absolute atomic E-state index is 0.193. The van der Waals surface area contributed by atoms with Gasteiger partial charge in [0.15, 0.2) is 0 Å². The average molecular weight is 361 g/mol. The molecule has 2 rings (SSSR count). The fourth-order valence-electron chi connectivity index (χ4n) is 1.86. The SMILES string of the molecule is CCc1c(-c2ccc(Cl)c(Br)c2)sc(C(=O)O)c1N. The van der Waals surface area contributed by atoms with Crippen LogP contribution >= 0.6 is 38.9 Å². The Bertz CT molecular complexity index is 654. The Morgan fingerprint density at radius 3 is 2.74 bits per heavy atom. The number of aromatic carboxylic acids is 1. The molecular weight excluding hydrogens is 350 g/mol. The van der Waals surface area contributed by atoms with Gasteiger partial charge in [-0.2, -0.15) is 0 Å². The quantitative estimate of drug-likeness (QED) is 0.835. The van der Waals surface area contributed by atoms with Crippen molar-refractivity contribution in [2.24, 2.45) is 0 Å². The molecule has 100 valence electrons. The first-order valence-corrected chi connectivity index (χ1v) is 7.54. The molecule has 0 saturated carbocycles. The van der Waals surface area contributed by atoms with Gasteiger partial charge in [-0.15, -0.1) is 11.3 Å². The maximum absolute atomic E-state index is 11.2. The van der Waals surface area contributed by atoms with Crippen LogP contribution in [-0.4, -0.2) is 11.1 Å². The van der Waals surface area contributed by atoms with Gasteiger partial charge in [0.05, 0.1) is 10.7 Å². The van der Waals surface area contributed by atoms with Gasteiger partial charge in [-0.1, -0.05) is 24.6 Å². The second-order valence-corrected chi connectivity index (χ2v) is 6.22. The highest BCUT2D eigenvalue weighted by Crippen LogP contribution is 2.40. The Hall–Kier alpha value is -1.04. The zero-order valence-corrected chi connectivity index (χ0v) is 13.2. The number of anilines is 1. The minimum atomic E-state index is -0.989. The molecule has 0 amide bonds. The molecule has 0 atom stereocenters. The number of nitrogen functional groups attached to an aromatic ring is 1. The molecule has 0 bridgehead atoms. The van der Waals surface area contributed by atoms with E-state index in [1.165, 1.54) is 11.3 Å². The molecule has 0 radical (unpaired) electrons. The molecule has 0 aliphatic carbocycles. The van der Waals surface area contributed by atoms with Gasteiger partial charge in [0.1, 0.15) is 4.88 Å². The van der Waals surface area contributed by atoms with E-state index >= 15 is 0 Å². The third kappa shape index (κ3) is 2.63. The molecule has 1 aromatic heterocycles. The van der Waals surface area contributed by atoms with Crippen molar-refractivity contribution < 1.29 is 9.90 Å². The van der Waals surface area contributed by atoms with Crippen molar-refractivity contribution in [2.45, 2.75) is 13.3 Å². The van der Waals surface area contributed by atoms with Crippen LogP contribution in [0.1, 0.15) is 22.2 Å². The van der Waals surface area contributed by atoms with E-state index in [4.69, 9.17) is 22.4 Å². The zero-order valence-electron chi connectivity index (χ0n) is 10.0. The molecule has 6 heteroatoms. The summed E-state index contributed by atoms with van der Waals surface area (Å²) in [6.07, 6.45) is 0.686. The summed E-state index contributed by atoms with van der Waals surface area (Å²) in [6, 6.07) is 5.51. The van der Waals surface area contributed by atoms with Crippen LogP contribution in [0.5, 0.6) is 0 Å². The molecule has 19 heavy (non-hydrogen) atoms. The summed E-state index contributed by atoms with van der Waals surface area (Å²) >= 11 is 10.5. The maximum Gasteiger partial charge on any atom is 0.348 e. The van der Waals surface area contributed by atoms with Crippen molar-refractivity contribution in [3.63, 3.8) is 0 Å². The van der Waals surface area contributed by atoms with Crippen LogP contribution in [0.3, 0.4) is 0 Å². The van der Waals surface area contributed by atoms with Crippen LogP contribution in [-0.2, 0) is 6.42 Å². The van der Waals surface area contributed by atoms with Gasteiger partial charge >= 0.3 is 5.97 Å². The third-order valence-electron chi connectivity index (χ3n) is 2.78. The number of carboxylic acids is 1. The van der Waals surface area contributed by atoms with Gasteiger partial charge in [-0.25, -0.2) is 4.79 Å². The van der Waals surface area contributed by atoms with Crippen molar-refractivity contribution >= 4 is 50.5 Å². The van der Waals surface area contributed by atoms with Crippen LogP contribution in [0.15, 0.2) is 22.7 Å². The van der Waals surface area contributed by atoms with Crippen molar-refractivity contribution in [3.05, 3.63) is 38.1 Å². The van der Waals surface area contributed by atoms with Crippen molar-refractivity contribution in [3.8, 4) is 10.4 Å². The fourth-order valence-corrected chi connectivity index (χ4v) is 3.50. The Labute approximate surface area is 128 Å². The van der Waals surface area contributed by atoms with Gasteiger partial charge < -0.3 is 10.8 Å². The smallest absolute Gasteiger partial charge is 0.348 e. The van der Waals surface area contributed by atoms with Crippen LogP contribution < -0.4 is 5.73 Å². The van der Waals surface area contributed by atoms with E-state index in [9.17, 15) is 4.79 Å². The van der Waals surface area contributed by atoms with Crippen molar-refractivity contribution in [1.29, 1.82) is 0 Å². The predicted molar refractivity (Wildman–Crippen MR) is 83.2 cm³/mol. The summed E-state index contributed by atoms with van der Waals surface area (Å²) in [4.78, 5) is 12.2. The van der Waals surface area contributed by atoms with Gasteiger partial charge in [-0.05, 0) is 45.6 Å². The first kappa shape index (κ1) is 14.4. The summed E-state index contributed by atoms with van der Waals surface area (Å²) in [7, 11) is 0. The summed E-state index contributed by atoms with van der Waals surface area (Å²) in [5.41, 5.74) is 8.06. The lowest BCUT2D eigenvalue weighted by molar-refractivity contribution is 0.0703. The van der Waals surface area contributed by atoms with E-state index in [-0.39, 0.29) is 4.88 Å². The Morgan fingerprint density at radius 2 is 2.21 bits per heavy atom. The molecule has 0 spiro atoms. The maximum atomic E-state index is 11.2. The number of thiophene rings is 1. The molecule has 1 aromatic carbocycles. The Balaban J connectivity index is 2.64. The summed E-state index contributed by atoms with van der Waals surface area (Å²) in [6.45, 7) is 1.96. The second kappa shape index (κ2) is 5.53. The predicted octanol–water partition coefficient (Wildman–Crippen LogP) is 4.67. The lowest BCUT2D eigenvalue weighted by Crippen LogP contribution is -1.99. The molecule has 0 saturated heterocycles. The molecule has 1 heterocycles. The molecule has 3 N–H and O–H groups in total. The highest BCUT2D eigenvalue weighted by molar-refractivity contribution is 9.10. The van der Waals surface area contributed by atoms with Gasteiger partial charge in [0.25, 0.3) is 0 Å². The number of nitrogens with two attached hydrogens (primary N) is 1. The van der Waals surface area contributed by atoms with Crippen LogP contribution in [0.4, 0.5) is 5.69 Å². The number of rotatable bonds is 3. The molecule has 0 aliphatic rings. The van der Waals surface area contributed by atoms with E-state index in [2.05, 4.69) is 15.9 Å². The van der Waals surface area contributed by atoms with Gasteiger partial charge in [-0.3, -0.25) is 0 Å². The van der Waals surface area contributed by atoms with Crippen LogP contribution in [0.25, 0.3) is 10.4 Å². The average Bonchev–Trinajstić information content (AvgIpc) is 2.70. The number of benzene rings is 1. The molecule has 0 unspecified atom stereocenters. The lowest BCUT2D eigenvalue weighted by atomic mass is 10.1. The highest BCUT2D eigenvalue weighted by Gasteiger charge is 2.20. The Morgan fingerprint density at radius 1 is 1.53 bits per heavy atom. The normalized spacial score (nSPS) is 10.7. The summed E-state index contributed by atoms with van der Waals surface area (Å²) in [5, 5.41) is 9.76. The lowest BCUT2D eigenvalue weighted by Gasteiger charge is -2.04. The van der Waals surface area contributed by atoms with E-state index in [1.54, 1.807) is 6.07 Å². The number of hydrogen-bond donors (Lipinski definition) is 2. The molecular formula is C13H11BrClNO2S. The van der Waals surface area contributed by atoms with Crippen molar-refractivity contribution in [2.75, 3.05) is 5.73 Å². The monoisotopic (exact) mass is 359 g/mol. The number of carboxylic acid groups (broad SMARTS) is 1. The number of halogens is 2. The van der Waals surface area contributed by atoms with E-state index in [0.717, 1.165) is 20.5 Å². The standard InChI is InChI=1S/C13H11BrClNO2S/c1-2-7-10(16)12(13(17)18)19-11(7)6-3-4-9(15)8(14)5-6/h3-5H,2,16H2,1H3,(H,17,18). The fraction of sp³-hybridized carbons (Fsp3) is 0.154. The van der Waals surface area contributed by atoms with Gasteiger partial charge in [0.2, 0.25) is 0 Å². The number of hydrogen-bond acceptors (Lipinski definition) is 3. The first-order chi connectivity index (χ1) is 8.95. The molecule has 3 nitrogen and oxygen atoms in total. The second-order valence-electron chi connectivity index (χ2n) is 3.94. The topological polar surface area (TPSA) is 63.3 Å². The molecule has 2 aromatic rings. The largest absolute Gasteiger partial charge is 0.477 e. The third-order valence-corrected chi connectivity index (χ3v) is 5.28. The summed E-state index contributed by atoms with van der Waals surface area (Å²) in [5.74, 6) is -0.989. The van der Waals surface area contributed by atoms with Crippen molar-refractivity contribution in [1.82, 2.24) is 0 Å². The van der Waals surface area contributed by atoms with Gasteiger partial charge in [0, 0.05) is 9.35 Å². The Kier molecular flexibility index (Phi) is 4.18. The zero-order chi connectivity index (χ0) is 14.2.